The minimum absolute atomic E-state index is 0.0215. The third kappa shape index (κ3) is 2.31. The smallest absolute Gasteiger partial charge is 0.255 e. The van der Waals surface area contributed by atoms with Crippen LogP contribution < -0.4 is 10.9 Å². The number of nitrogens with one attached hydrogen (secondary N) is 2. The Hall–Kier alpha value is -1.94. The second kappa shape index (κ2) is 4.97. The summed E-state index contributed by atoms with van der Waals surface area (Å²) in [5.74, 6) is 0.674. The normalized spacial score (nSPS) is 14.2. The van der Waals surface area contributed by atoms with Gasteiger partial charge in [-0.2, -0.15) is 0 Å². The summed E-state index contributed by atoms with van der Waals surface area (Å²) in [4.78, 5) is 19.5. The molecular weight excluding hydrogens is 238 g/mol. The van der Waals surface area contributed by atoms with E-state index >= 15 is 0 Å². The van der Waals surface area contributed by atoms with E-state index in [0.717, 1.165) is 36.2 Å². The van der Waals surface area contributed by atoms with Crippen LogP contribution in [-0.2, 0) is 19.4 Å². The molecule has 1 aliphatic heterocycles. The third-order valence-corrected chi connectivity index (χ3v) is 3.58. The van der Waals surface area contributed by atoms with Gasteiger partial charge in [0, 0.05) is 25.1 Å². The van der Waals surface area contributed by atoms with E-state index in [1.54, 1.807) is 0 Å². The van der Waals surface area contributed by atoms with Gasteiger partial charge in [-0.3, -0.25) is 4.79 Å². The zero-order chi connectivity index (χ0) is 13.2. The number of rotatable bonds is 2. The minimum Gasteiger partial charge on any atom is -0.312 e. The van der Waals surface area contributed by atoms with Gasteiger partial charge in [0.2, 0.25) is 0 Å². The van der Waals surface area contributed by atoms with Gasteiger partial charge in [-0.05, 0) is 12.0 Å². The molecule has 0 bridgehead atoms. The molecule has 0 radical (unpaired) electrons. The molecule has 19 heavy (non-hydrogen) atoms. The van der Waals surface area contributed by atoms with Gasteiger partial charge in [-0.15, -0.1) is 0 Å². The Kier molecular flexibility index (Phi) is 3.17. The summed E-state index contributed by atoms with van der Waals surface area (Å²) in [6.45, 7) is 3.63. The molecule has 2 aromatic rings. The molecule has 0 amide bonds. The highest BCUT2D eigenvalue weighted by Gasteiger charge is 2.15. The third-order valence-electron chi connectivity index (χ3n) is 3.58. The quantitative estimate of drug-likeness (QED) is 0.857. The van der Waals surface area contributed by atoms with E-state index in [1.165, 1.54) is 5.56 Å². The van der Waals surface area contributed by atoms with Crippen molar-refractivity contribution in [2.24, 2.45) is 0 Å². The van der Waals surface area contributed by atoms with E-state index in [-0.39, 0.29) is 5.56 Å². The molecule has 0 spiro atoms. The fraction of sp³-hybridized carbons (Fsp3) is 0.333. The van der Waals surface area contributed by atoms with E-state index in [2.05, 4.69) is 34.3 Å². The summed E-state index contributed by atoms with van der Waals surface area (Å²) in [7, 11) is 0. The van der Waals surface area contributed by atoms with E-state index < -0.39 is 0 Å². The first-order valence-electron chi connectivity index (χ1n) is 6.70. The molecule has 1 aliphatic rings. The van der Waals surface area contributed by atoms with Gasteiger partial charge in [0.1, 0.15) is 5.82 Å². The van der Waals surface area contributed by atoms with Crippen LogP contribution in [0.3, 0.4) is 0 Å². The molecule has 0 saturated carbocycles. The zero-order valence-electron chi connectivity index (χ0n) is 11.0. The highest BCUT2D eigenvalue weighted by molar-refractivity contribution is 5.55. The van der Waals surface area contributed by atoms with E-state index in [9.17, 15) is 4.79 Å². The number of fused-ring (bicyclic) bond motifs is 1. The molecule has 4 nitrogen and oxygen atoms in total. The largest absolute Gasteiger partial charge is 0.312 e. The number of nitrogens with zero attached hydrogens (tertiary/aromatic N) is 1. The lowest BCUT2D eigenvalue weighted by Gasteiger charge is -2.15. The number of aromatic nitrogens is 2. The van der Waals surface area contributed by atoms with Crippen LogP contribution >= 0.6 is 0 Å². The van der Waals surface area contributed by atoms with Gasteiger partial charge in [0.05, 0.1) is 11.3 Å². The van der Waals surface area contributed by atoms with Crippen LogP contribution in [0, 0.1) is 0 Å². The lowest BCUT2D eigenvalue weighted by atomic mass is 10.1. The minimum atomic E-state index is -0.0215. The first kappa shape index (κ1) is 12.1. The molecule has 1 aromatic heterocycles. The van der Waals surface area contributed by atoms with Crippen LogP contribution in [0.15, 0.2) is 29.1 Å². The average molecular weight is 255 g/mol. The van der Waals surface area contributed by atoms with Crippen LogP contribution in [0.5, 0.6) is 0 Å². The van der Waals surface area contributed by atoms with Gasteiger partial charge < -0.3 is 10.3 Å². The predicted octanol–water partition coefficient (Wildman–Crippen LogP) is 1.64. The van der Waals surface area contributed by atoms with Gasteiger partial charge in [-0.25, -0.2) is 4.98 Å². The van der Waals surface area contributed by atoms with Gasteiger partial charge in [0.25, 0.3) is 5.56 Å². The van der Waals surface area contributed by atoms with Crippen LogP contribution in [0.25, 0.3) is 11.4 Å². The molecule has 0 atom stereocenters. The molecule has 2 heterocycles. The number of hydrogen-bond donors (Lipinski definition) is 2. The number of hydrogen-bond acceptors (Lipinski definition) is 3. The van der Waals surface area contributed by atoms with Crippen molar-refractivity contribution in [3.8, 4) is 11.4 Å². The Morgan fingerprint density at radius 1 is 1.26 bits per heavy atom. The lowest BCUT2D eigenvalue weighted by molar-refractivity contribution is 0.621. The van der Waals surface area contributed by atoms with Crippen molar-refractivity contribution in [1.82, 2.24) is 15.3 Å². The topological polar surface area (TPSA) is 57.8 Å². The second-order valence-corrected chi connectivity index (χ2v) is 4.82. The van der Waals surface area contributed by atoms with Gasteiger partial charge >= 0.3 is 0 Å². The number of H-pyrrole nitrogens is 1. The van der Waals surface area contributed by atoms with Crippen molar-refractivity contribution >= 4 is 0 Å². The standard InChI is InChI=1S/C15H17N3O/c1-2-10-3-5-11(6-4-10)14-17-13-7-8-16-9-12(13)15(19)18-14/h3-6,16H,2,7-9H2,1H3,(H,17,18,19). The highest BCUT2D eigenvalue weighted by Crippen LogP contribution is 2.17. The Morgan fingerprint density at radius 2 is 2.05 bits per heavy atom. The molecule has 0 fully saturated rings. The Labute approximate surface area is 111 Å². The van der Waals surface area contributed by atoms with Crippen molar-refractivity contribution in [3.63, 3.8) is 0 Å². The van der Waals surface area contributed by atoms with Crippen LogP contribution in [-0.4, -0.2) is 16.5 Å². The van der Waals surface area contributed by atoms with E-state index in [0.29, 0.717) is 12.4 Å². The fourth-order valence-corrected chi connectivity index (χ4v) is 2.39. The molecule has 2 N–H and O–H groups in total. The highest BCUT2D eigenvalue weighted by atomic mass is 16.1. The Morgan fingerprint density at radius 3 is 2.79 bits per heavy atom. The number of aromatic amines is 1. The second-order valence-electron chi connectivity index (χ2n) is 4.82. The maximum absolute atomic E-state index is 12.0. The lowest BCUT2D eigenvalue weighted by Crippen LogP contribution is -2.31. The molecule has 0 aliphatic carbocycles. The summed E-state index contributed by atoms with van der Waals surface area (Å²) in [6.07, 6.45) is 1.83. The molecule has 98 valence electrons. The summed E-state index contributed by atoms with van der Waals surface area (Å²) in [6, 6.07) is 8.20. The Balaban J connectivity index is 2.05. The SMILES string of the molecule is CCc1ccc(-c2nc3c(c(=O)[nH]2)CNCC3)cc1. The predicted molar refractivity (Wildman–Crippen MR) is 75.1 cm³/mol. The summed E-state index contributed by atoms with van der Waals surface area (Å²) in [5, 5.41) is 3.20. The first-order chi connectivity index (χ1) is 9.28. The number of benzene rings is 1. The maximum atomic E-state index is 12.0. The van der Waals surface area contributed by atoms with Crippen LogP contribution in [0.1, 0.15) is 23.7 Å². The van der Waals surface area contributed by atoms with Crippen molar-refractivity contribution in [2.75, 3.05) is 6.54 Å². The summed E-state index contributed by atoms with van der Waals surface area (Å²) >= 11 is 0. The van der Waals surface area contributed by atoms with Crippen molar-refractivity contribution in [1.29, 1.82) is 0 Å². The first-order valence-corrected chi connectivity index (χ1v) is 6.70. The average Bonchev–Trinajstić information content (AvgIpc) is 2.47. The molecule has 3 rings (SSSR count). The van der Waals surface area contributed by atoms with Gasteiger partial charge in [0.15, 0.2) is 0 Å². The zero-order valence-corrected chi connectivity index (χ0v) is 11.0. The van der Waals surface area contributed by atoms with Crippen molar-refractivity contribution in [3.05, 3.63) is 51.4 Å². The van der Waals surface area contributed by atoms with E-state index in [4.69, 9.17) is 0 Å². The van der Waals surface area contributed by atoms with Gasteiger partial charge in [-0.1, -0.05) is 31.2 Å². The van der Waals surface area contributed by atoms with E-state index in [1.807, 2.05) is 12.1 Å². The Bertz CT molecular complexity index is 643. The van der Waals surface area contributed by atoms with Crippen LogP contribution in [0.4, 0.5) is 0 Å². The van der Waals surface area contributed by atoms with Crippen molar-refractivity contribution in [2.45, 2.75) is 26.3 Å². The maximum Gasteiger partial charge on any atom is 0.255 e. The number of aryl methyl sites for hydroxylation is 1. The molecular formula is C15H17N3O. The molecule has 0 unspecified atom stereocenters. The molecule has 4 heteroatoms. The summed E-state index contributed by atoms with van der Waals surface area (Å²) in [5.41, 5.74) is 3.94. The summed E-state index contributed by atoms with van der Waals surface area (Å²) < 4.78 is 0. The monoisotopic (exact) mass is 255 g/mol. The van der Waals surface area contributed by atoms with Crippen LogP contribution in [0.2, 0.25) is 0 Å². The molecule has 1 aromatic carbocycles. The van der Waals surface area contributed by atoms with Crippen molar-refractivity contribution < 1.29 is 0 Å². The molecule has 0 saturated heterocycles. The fourth-order valence-electron chi connectivity index (χ4n) is 2.39.